The molecular formula is C21H20ClN5. The predicted octanol–water partition coefficient (Wildman–Crippen LogP) is 5.51. The Hall–Kier alpha value is -2.92. The fourth-order valence-corrected chi connectivity index (χ4v) is 3.15. The van der Waals surface area contributed by atoms with Crippen LogP contribution in [0, 0.1) is 0 Å². The van der Waals surface area contributed by atoms with Crippen LogP contribution in [0.2, 0.25) is 5.02 Å². The molecule has 2 aromatic heterocycles. The highest BCUT2D eigenvalue weighted by Crippen LogP contribution is 2.28. The first-order valence-electron chi connectivity index (χ1n) is 8.75. The molecule has 1 N–H and O–H groups in total. The number of benzene rings is 2. The summed E-state index contributed by atoms with van der Waals surface area (Å²) in [6.07, 6.45) is 3.29. The zero-order valence-corrected chi connectivity index (χ0v) is 16.2. The molecule has 0 unspecified atom stereocenters. The number of hydrogen-bond donors (Lipinski definition) is 1. The van der Waals surface area contributed by atoms with Crippen LogP contribution in [0.5, 0.6) is 0 Å². The largest absolute Gasteiger partial charge is 0.340 e. The first-order valence-corrected chi connectivity index (χ1v) is 9.12. The second-order valence-corrected chi connectivity index (χ2v) is 7.83. The van der Waals surface area contributed by atoms with E-state index in [2.05, 4.69) is 65.4 Å². The van der Waals surface area contributed by atoms with Crippen molar-refractivity contribution in [2.75, 3.05) is 5.32 Å². The van der Waals surface area contributed by atoms with Crippen LogP contribution in [0.25, 0.3) is 16.7 Å². The number of hydrogen-bond acceptors (Lipinski definition) is 4. The summed E-state index contributed by atoms with van der Waals surface area (Å²) < 4.78 is 1.73. The maximum atomic E-state index is 6.32. The Labute approximate surface area is 163 Å². The van der Waals surface area contributed by atoms with Crippen LogP contribution in [-0.2, 0) is 5.41 Å². The van der Waals surface area contributed by atoms with Crippen molar-refractivity contribution in [1.82, 2.24) is 19.7 Å². The van der Waals surface area contributed by atoms with E-state index in [4.69, 9.17) is 11.6 Å². The third-order valence-electron chi connectivity index (χ3n) is 4.46. The monoisotopic (exact) mass is 377 g/mol. The first-order chi connectivity index (χ1) is 12.9. The van der Waals surface area contributed by atoms with Gasteiger partial charge in [-0.2, -0.15) is 5.10 Å². The lowest BCUT2D eigenvalue weighted by molar-refractivity contribution is 0.590. The number of rotatable bonds is 3. The van der Waals surface area contributed by atoms with Crippen molar-refractivity contribution in [1.29, 1.82) is 0 Å². The zero-order chi connectivity index (χ0) is 19.0. The topological polar surface area (TPSA) is 55.6 Å². The van der Waals surface area contributed by atoms with E-state index in [9.17, 15) is 0 Å². The Morgan fingerprint density at radius 1 is 0.963 bits per heavy atom. The van der Waals surface area contributed by atoms with E-state index in [-0.39, 0.29) is 5.41 Å². The molecule has 0 fully saturated rings. The fraction of sp³-hybridized carbons (Fsp3) is 0.190. The summed E-state index contributed by atoms with van der Waals surface area (Å²) in [5.41, 5.74) is 3.86. The van der Waals surface area contributed by atoms with Gasteiger partial charge in [0, 0.05) is 5.69 Å². The molecule has 0 radical (unpaired) electrons. The summed E-state index contributed by atoms with van der Waals surface area (Å²) >= 11 is 6.32. The van der Waals surface area contributed by atoms with Crippen LogP contribution in [0.15, 0.2) is 61.1 Å². The lowest BCUT2D eigenvalue weighted by Crippen LogP contribution is -2.10. The molecule has 0 saturated heterocycles. The van der Waals surface area contributed by atoms with Crippen LogP contribution >= 0.6 is 11.6 Å². The Morgan fingerprint density at radius 2 is 1.70 bits per heavy atom. The zero-order valence-electron chi connectivity index (χ0n) is 15.4. The van der Waals surface area contributed by atoms with Gasteiger partial charge in [-0.05, 0) is 35.2 Å². The molecule has 4 rings (SSSR count). The number of nitrogens with one attached hydrogen (secondary N) is 1. The molecule has 2 heterocycles. The minimum absolute atomic E-state index is 0.122. The van der Waals surface area contributed by atoms with Crippen molar-refractivity contribution >= 4 is 34.1 Å². The summed E-state index contributed by atoms with van der Waals surface area (Å²) in [4.78, 5) is 8.79. The number of aromatic nitrogens is 4. The molecular weight excluding hydrogens is 358 g/mol. The van der Waals surface area contributed by atoms with E-state index in [1.807, 2.05) is 24.3 Å². The minimum Gasteiger partial charge on any atom is -0.340 e. The highest BCUT2D eigenvalue weighted by atomic mass is 35.5. The number of nitrogens with zero attached hydrogens (tertiary/aromatic N) is 4. The van der Waals surface area contributed by atoms with Gasteiger partial charge in [-0.25, -0.2) is 14.6 Å². The van der Waals surface area contributed by atoms with E-state index in [0.717, 1.165) is 16.8 Å². The van der Waals surface area contributed by atoms with Gasteiger partial charge in [0.15, 0.2) is 5.65 Å². The second-order valence-electron chi connectivity index (χ2n) is 7.42. The molecule has 0 aliphatic rings. The maximum Gasteiger partial charge on any atom is 0.168 e. The lowest BCUT2D eigenvalue weighted by Gasteiger charge is -2.19. The molecule has 2 aromatic carbocycles. The smallest absolute Gasteiger partial charge is 0.168 e. The van der Waals surface area contributed by atoms with Gasteiger partial charge >= 0.3 is 0 Å². The van der Waals surface area contributed by atoms with Crippen molar-refractivity contribution in [3.05, 3.63) is 71.6 Å². The van der Waals surface area contributed by atoms with Crippen molar-refractivity contribution in [3.8, 4) is 5.69 Å². The first kappa shape index (κ1) is 17.5. The van der Waals surface area contributed by atoms with Gasteiger partial charge in [0.1, 0.15) is 12.1 Å². The summed E-state index contributed by atoms with van der Waals surface area (Å²) in [5, 5.41) is 9.28. The van der Waals surface area contributed by atoms with E-state index < -0.39 is 0 Å². The minimum atomic E-state index is 0.122. The molecule has 27 heavy (non-hydrogen) atoms. The fourth-order valence-electron chi connectivity index (χ4n) is 2.93. The van der Waals surface area contributed by atoms with Crippen LogP contribution < -0.4 is 5.32 Å². The summed E-state index contributed by atoms with van der Waals surface area (Å²) in [5.74, 6) is 0.710. The standard InChI is InChI=1S/C21H20ClN5/c1-21(2,3)14-8-10-15(11-9-14)26-19-16-12-25-27(20(16)24-13-23-19)18-7-5-4-6-17(18)22/h4-13H,1-3H3,(H,23,24,26). The van der Waals surface area contributed by atoms with Crippen molar-refractivity contribution < 1.29 is 0 Å². The molecule has 0 spiro atoms. The van der Waals surface area contributed by atoms with Crippen LogP contribution in [0.3, 0.4) is 0 Å². The highest BCUT2D eigenvalue weighted by Gasteiger charge is 2.15. The third kappa shape index (κ3) is 3.38. The second kappa shape index (κ2) is 6.67. The van der Waals surface area contributed by atoms with Crippen LogP contribution in [-0.4, -0.2) is 19.7 Å². The molecule has 6 heteroatoms. The van der Waals surface area contributed by atoms with E-state index in [1.54, 1.807) is 10.9 Å². The molecule has 136 valence electrons. The Kier molecular flexibility index (Phi) is 4.32. The van der Waals surface area contributed by atoms with E-state index >= 15 is 0 Å². The molecule has 0 amide bonds. The average molecular weight is 378 g/mol. The molecule has 0 atom stereocenters. The van der Waals surface area contributed by atoms with Gasteiger partial charge in [-0.1, -0.05) is 56.6 Å². The predicted molar refractivity (Wildman–Crippen MR) is 110 cm³/mol. The highest BCUT2D eigenvalue weighted by molar-refractivity contribution is 6.32. The molecule has 5 nitrogen and oxygen atoms in total. The van der Waals surface area contributed by atoms with Gasteiger partial charge in [0.25, 0.3) is 0 Å². The van der Waals surface area contributed by atoms with E-state index in [0.29, 0.717) is 16.5 Å². The third-order valence-corrected chi connectivity index (χ3v) is 4.78. The number of halogens is 1. The Balaban J connectivity index is 1.71. The molecule has 0 aliphatic carbocycles. The maximum absolute atomic E-state index is 6.32. The molecule has 0 aliphatic heterocycles. The van der Waals surface area contributed by atoms with Gasteiger partial charge < -0.3 is 5.32 Å². The average Bonchev–Trinajstić information content (AvgIpc) is 3.07. The normalized spacial score (nSPS) is 11.7. The van der Waals surface area contributed by atoms with Crippen molar-refractivity contribution in [3.63, 3.8) is 0 Å². The Bertz CT molecular complexity index is 1090. The van der Waals surface area contributed by atoms with Gasteiger partial charge in [-0.15, -0.1) is 0 Å². The summed E-state index contributed by atoms with van der Waals surface area (Å²) in [6, 6.07) is 15.9. The summed E-state index contributed by atoms with van der Waals surface area (Å²) in [7, 11) is 0. The van der Waals surface area contributed by atoms with Gasteiger partial charge in [0.05, 0.1) is 22.3 Å². The Morgan fingerprint density at radius 3 is 2.41 bits per heavy atom. The van der Waals surface area contributed by atoms with E-state index in [1.165, 1.54) is 11.9 Å². The lowest BCUT2D eigenvalue weighted by atomic mass is 9.87. The van der Waals surface area contributed by atoms with Gasteiger partial charge in [-0.3, -0.25) is 0 Å². The number of para-hydroxylation sites is 1. The molecule has 4 aromatic rings. The quantitative estimate of drug-likeness (QED) is 0.511. The summed E-state index contributed by atoms with van der Waals surface area (Å²) in [6.45, 7) is 6.60. The van der Waals surface area contributed by atoms with Crippen LogP contribution in [0.4, 0.5) is 11.5 Å². The number of fused-ring (bicyclic) bond motifs is 1. The van der Waals surface area contributed by atoms with Gasteiger partial charge in [0.2, 0.25) is 0 Å². The van der Waals surface area contributed by atoms with Crippen LogP contribution in [0.1, 0.15) is 26.3 Å². The van der Waals surface area contributed by atoms with Crippen molar-refractivity contribution in [2.45, 2.75) is 26.2 Å². The van der Waals surface area contributed by atoms with Crippen molar-refractivity contribution in [2.24, 2.45) is 0 Å². The molecule has 0 saturated carbocycles. The number of anilines is 2. The molecule has 0 bridgehead atoms. The SMILES string of the molecule is CC(C)(C)c1ccc(Nc2ncnc3c2cnn3-c2ccccc2Cl)cc1.